The lowest BCUT2D eigenvalue weighted by atomic mass is 9.80. The van der Waals surface area contributed by atoms with E-state index in [-0.39, 0.29) is 0 Å². The topological polar surface area (TPSA) is 12.5 Å². The zero-order chi connectivity index (χ0) is 14.8. The number of rotatable bonds is 6. The first-order valence-electron chi connectivity index (χ1n) is 8.62. The van der Waals surface area contributed by atoms with Crippen LogP contribution in [-0.2, 0) is 4.74 Å². The highest BCUT2D eigenvalue weighted by molar-refractivity contribution is 4.96. The average molecular weight is 281 g/mol. The molecule has 118 valence electrons. The lowest BCUT2D eigenvalue weighted by Crippen LogP contribution is -2.39. The molecule has 0 radical (unpaired) electrons. The van der Waals surface area contributed by atoms with E-state index in [0.29, 0.717) is 16.9 Å². The number of hydrogen-bond acceptors (Lipinski definition) is 2. The minimum atomic E-state index is 0.380. The highest BCUT2D eigenvalue weighted by Gasteiger charge is 2.44. The van der Waals surface area contributed by atoms with Crippen molar-refractivity contribution < 1.29 is 4.74 Å². The van der Waals surface area contributed by atoms with Gasteiger partial charge in [0.25, 0.3) is 0 Å². The molecule has 0 atom stereocenters. The zero-order valence-electron chi connectivity index (χ0n) is 14.4. The van der Waals surface area contributed by atoms with Crippen molar-refractivity contribution in [1.29, 1.82) is 0 Å². The van der Waals surface area contributed by atoms with Crippen LogP contribution in [0.3, 0.4) is 0 Å². The van der Waals surface area contributed by atoms with Crippen molar-refractivity contribution in [3.63, 3.8) is 0 Å². The first kappa shape index (κ1) is 16.3. The maximum absolute atomic E-state index is 5.87. The molecule has 0 aromatic rings. The van der Waals surface area contributed by atoms with Crippen molar-refractivity contribution in [3.05, 3.63) is 0 Å². The van der Waals surface area contributed by atoms with Crippen LogP contribution in [0.1, 0.15) is 66.7 Å². The summed E-state index contributed by atoms with van der Waals surface area (Å²) in [5, 5.41) is 0. The summed E-state index contributed by atoms with van der Waals surface area (Å²) >= 11 is 0. The highest BCUT2D eigenvalue weighted by atomic mass is 16.5. The van der Waals surface area contributed by atoms with Gasteiger partial charge in [-0.05, 0) is 70.4 Å². The molecule has 0 unspecified atom stereocenters. The summed E-state index contributed by atoms with van der Waals surface area (Å²) in [6.07, 6.45) is 7.33. The van der Waals surface area contributed by atoms with Crippen molar-refractivity contribution in [1.82, 2.24) is 4.90 Å². The fourth-order valence-corrected chi connectivity index (χ4v) is 3.56. The van der Waals surface area contributed by atoms with Crippen molar-refractivity contribution in [2.75, 3.05) is 26.2 Å². The van der Waals surface area contributed by atoms with E-state index < -0.39 is 0 Å². The van der Waals surface area contributed by atoms with E-state index in [1.165, 1.54) is 51.7 Å². The maximum atomic E-state index is 5.87. The summed E-state index contributed by atoms with van der Waals surface area (Å²) in [7, 11) is 0. The Morgan fingerprint density at radius 3 is 2.20 bits per heavy atom. The molecule has 20 heavy (non-hydrogen) atoms. The van der Waals surface area contributed by atoms with Gasteiger partial charge in [0.15, 0.2) is 0 Å². The van der Waals surface area contributed by atoms with Crippen molar-refractivity contribution >= 4 is 0 Å². The molecule has 0 N–H and O–H groups in total. The molecule has 0 aromatic heterocycles. The molecule has 2 fully saturated rings. The van der Waals surface area contributed by atoms with Crippen molar-refractivity contribution in [2.24, 2.45) is 16.7 Å². The molecule has 1 aliphatic heterocycles. The van der Waals surface area contributed by atoms with Gasteiger partial charge in [-0.15, -0.1) is 0 Å². The second kappa shape index (κ2) is 6.36. The van der Waals surface area contributed by atoms with Gasteiger partial charge in [-0.3, -0.25) is 0 Å². The van der Waals surface area contributed by atoms with E-state index in [4.69, 9.17) is 4.74 Å². The number of ether oxygens (including phenoxy) is 1. The van der Waals surface area contributed by atoms with Gasteiger partial charge < -0.3 is 9.64 Å². The number of nitrogens with zero attached hydrogens (tertiary/aromatic N) is 1. The first-order chi connectivity index (χ1) is 9.28. The maximum Gasteiger partial charge on any atom is 0.0538 e. The van der Waals surface area contributed by atoms with E-state index in [1.807, 2.05) is 0 Å². The molecule has 0 bridgehead atoms. The third kappa shape index (κ3) is 5.37. The standard InChI is InChI=1S/C18H35NO/c1-15(2)20-14-18(8-9-18)13-19-10-6-16(7-11-19)12-17(3,4)5/h15-16H,6-14H2,1-5H3. The van der Waals surface area contributed by atoms with E-state index >= 15 is 0 Å². The largest absolute Gasteiger partial charge is 0.378 e. The van der Waals surface area contributed by atoms with Gasteiger partial charge in [0.1, 0.15) is 0 Å². The van der Waals surface area contributed by atoms with Crippen LogP contribution in [0.5, 0.6) is 0 Å². The van der Waals surface area contributed by atoms with Crippen LogP contribution in [-0.4, -0.2) is 37.2 Å². The summed E-state index contributed by atoms with van der Waals surface area (Å²) in [6, 6.07) is 0. The second-order valence-electron chi connectivity index (χ2n) is 8.84. The summed E-state index contributed by atoms with van der Waals surface area (Å²) in [5.74, 6) is 0.952. The minimum absolute atomic E-state index is 0.380. The Bertz CT molecular complexity index is 293. The molecule has 0 spiro atoms. The molecule has 1 aliphatic carbocycles. The second-order valence-corrected chi connectivity index (χ2v) is 8.84. The van der Waals surface area contributed by atoms with Gasteiger partial charge in [0.05, 0.1) is 12.7 Å². The molecular formula is C18H35NO. The third-order valence-electron chi connectivity index (χ3n) is 4.85. The smallest absolute Gasteiger partial charge is 0.0538 e. The van der Waals surface area contributed by atoms with E-state index in [0.717, 1.165) is 12.5 Å². The number of hydrogen-bond donors (Lipinski definition) is 0. The zero-order valence-corrected chi connectivity index (χ0v) is 14.4. The number of piperidine rings is 1. The van der Waals surface area contributed by atoms with E-state index in [9.17, 15) is 0 Å². The summed E-state index contributed by atoms with van der Waals surface area (Å²) < 4.78 is 5.87. The van der Waals surface area contributed by atoms with Crippen LogP contribution < -0.4 is 0 Å². The lowest BCUT2D eigenvalue weighted by Gasteiger charge is -2.36. The van der Waals surface area contributed by atoms with Gasteiger partial charge in [0, 0.05) is 12.0 Å². The van der Waals surface area contributed by atoms with Gasteiger partial charge in [0.2, 0.25) is 0 Å². The minimum Gasteiger partial charge on any atom is -0.378 e. The molecule has 2 aliphatic rings. The Morgan fingerprint density at radius 2 is 1.75 bits per heavy atom. The monoisotopic (exact) mass is 281 g/mol. The van der Waals surface area contributed by atoms with E-state index in [2.05, 4.69) is 39.5 Å². The Kier molecular flexibility index (Phi) is 5.18. The Morgan fingerprint density at radius 1 is 1.15 bits per heavy atom. The lowest BCUT2D eigenvalue weighted by molar-refractivity contribution is 0.0253. The Labute approximate surface area is 126 Å². The van der Waals surface area contributed by atoms with Gasteiger partial charge in [-0.2, -0.15) is 0 Å². The van der Waals surface area contributed by atoms with Crippen LogP contribution in [0.2, 0.25) is 0 Å². The normalized spacial score (nSPS) is 24.3. The van der Waals surface area contributed by atoms with Crippen molar-refractivity contribution in [2.45, 2.75) is 72.8 Å². The summed E-state index contributed by atoms with van der Waals surface area (Å²) in [4.78, 5) is 2.70. The van der Waals surface area contributed by atoms with Crippen LogP contribution >= 0.6 is 0 Å². The molecule has 2 heteroatoms. The molecular weight excluding hydrogens is 246 g/mol. The molecule has 1 heterocycles. The molecule has 0 aromatic carbocycles. The van der Waals surface area contributed by atoms with Crippen LogP contribution in [0.15, 0.2) is 0 Å². The number of likely N-dealkylation sites (tertiary alicyclic amines) is 1. The van der Waals surface area contributed by atoms with E-state index in [1.54, 1.807) is 0 Å². The summed E-state index contributed by atoms with van der Waals surface area (Å²) in [6.45, 7) is 16.3. The highest BCUT2D eigenvalue weighted by Crippen LogP contribution is 2.47. The average Bonchev–Trinajstić information content (AvgIpc) is 3.08. The van der Waals surface area contributed by atoms with Crippen LogP contribution in [0.25, 0.3) is 0 Å². The van der Waals surface area contributed by atoms with Crippen LogP contribution in [0, 0.1) is 16.7 Å². The molecule has 1 saturated heterocycles. The molecule has 2 nitrogen and oxygen atoms in total. The molecule has 2 rings (SSSR count). The summed E-state index contributed by atoms with van der Waals surface area (Å²) in [5.41, 5.74) is 1.01. The van der Waals surface area contributed by atoms with Crippen molar-refractivity contribution in [3.8, 4) is 0 Å². The molecule has 0 amide bonds. The fraction of sp³-hybridized carbons (Fsp3) is 1.00. The van der Waals surface area contributed by atoms with Crippen LogP contribution in [0.4, 0.5) is 0 Å². The fourth-order valence-electron chi connectivity index (χ4n) is 3.56. The quantitative estimate of drug-likeness (QED) is 0.718. The van der Waals surface area contributed by atoms with Gasteiger partial charge in [-0.1, -0.05) is 20.8 Å². The first-order valence-corrected chi connectivity index (χ1v) is 8.62. The Balaban J connectivity index is 1.69. The SMILES string of the molecule is CC(C)OCC1(CN2CCC(CC(C)(C)C)CC2)CC1. The third-order valence-corrected chi connectivity index (χ3v) is 4.85. The Hall–Kier alpha value is -0.0800. The van der Waals surface area contributed by atoms with Gasteiger partial charge in [-0.25, -0.2) is 0 Å². The predicted molar refractivity (Wildman–Crippen MR) is 86.0 cm³/mol. The predicted octanol–water partition coefficient (Wildman–Crippen LogP) is 4.34. The van der Waals surface area contributed by atoms with Gasteiger partial charge >= 0.3 is 0 Å². The molecule has 1 saturated carbocycles.